The van der Waals surface area contributed by atoms with Crippen LogP contribution >= 0.6 is 15.9 Å². The van der Waals surface area contributed by atoms with Crippen LogP contribution in [0.4, 0.5) is 8.78 Å². The van der Waals surface area contributed by atoms with Crippen LogP contribution < -0.4 is 5.56 Å². The van der Waals surface area contributed by atoms with Crippen LogP contribution in [0.5, 0.6) is 0 Å². The summed E-state index contributed by atoms with van der Waals surface area (Å²) in [6, 6.07) is 0.976. The van der Waals surface area contributed by atoms with E-state index in [0.29, 0.717) is 0 Å². The van der Waals surface area contributed by atoms with E-state index in [2.05, 4.69) is 15.9 Å². The minimum absolute atomic E-state index is 0.0261. The van der Waals surface area contributed by atoms with E-state index in [4.69, 9.17) is 5.11 Å². The summed E-state index contributed by atoms with van der Waals surface area (Å²) >= 11 is 2.93. The lowest BCUT2D eigenvalue weighted by molar-refractivity contribution is 0.0681. The number of carboxylic acids is 1. The lowest BCUT2D eigenvalue weighted by atomic mass is 10.1. The van der Waals surface area contributed by atoms with Crippen molar-refractivity contribution in [1.82, 2.24) is 4.98 Å². The number of rotatable bonds is 3. The zero-order chi connectivity index (χ0) is 11.6. The molecule has 0 amide bonds. The lowest BCUT2D eigenvalue weighted by Gasteiger charge is -2.08. The topological polar surface area (TPSA) is 70.2 Å². The third-order valence-electron chi connectivity index (χ3n) is 1.73. The van der Waals surface area contributed by atoms with Crippen LogP contribution in [0.2, 0.25) is 0 Å². The Kier molecular flexibility index (Phi) is 3.57. The highest BCUT2D eigenvalue weighted by Gasteiger charge is 2.22. The summed E-state index contributed by atoms with van der Waals surface area (Å²) in [4.78, 5) is 23.5. The van der Waals surface area contributed by atoms with E-state index in [1.165, 1.54) is 0 Å². The molecule has 2 N–H and O–H groups in total. The number of hydrogen-bond donors (Lipinski definition) is 2. The van der Waals surface area contributed by atoms with Gasteiger partial charge in [0.05, 0.1) is 11.3 Å². The summed E-state index contributed by atoms with van der Waals surface area (Å²) in [5.74, 6) is -1.49. The van der Waals surface area contributed by atoms with Gasteiger partial charge in [-0.15, -0.1) is 0 Å². The molecule has 7 heteroatoms. The van der Waals surface area contributed by atoms with Crippen molar-refractivity contribution in [1.29, 1.82) is 0 Å². The van der Waals surface area contributed by atoms with Crippen LogP contribution in [0.15, 0.2) is 10.9 Å². The summed E-state index contributed by atoms with van der Waals surface area (Å²) in [6.07, 6.45) is -3.03. The van der Waals surface area contributed by atoms with E-state index in [1.54, 1.807) is 0 Å². The Balaban J connectivity index is 3.54. The first-order valence-corrected chi connectivity index (χ1v) is 4.93. The van der Waals surface area contributed by atoms with Gasteiger partial charge in [0.2, 0.25) is 5.56 Å². The molecular weight excluding hydrogens is 276 g/mol. The second-order valence-corrected chi connectivity index (χ2v) is 3.25. The predicted molar refractivity (Wildman–Crippen MR) is 51.6 cm³/mol. The maximum Gasteiger partial charge on any atom is 0.338 e. The molecule has 1 aromatic rings. The fourth-order valence-corrected chi connectivity index (χ4v) is 1.60. The molecule has 4 nitrogen and oxygen atoms in total. The van der Waals surface area contributed by atoms with Crippen molar-refractivity contribution in [2.45, 2.75) is 11.8 Å². The minimum atomic E-state index is -3.03. The maximum atomic E-state index is 12.4. The molecule has 0 atom stereocenters. The van der Waals surface area contributed by atoms with Crippen LogP contribution in [0, 0.1) is 0 Å². The number of aromatic carboxylic acids is 1. The summed E-state index contributed by atoms with van der Waals surface area (Å²) < 4.78 is 24.9. The van der Waals surface area contributed by atoms with Crippen LogP contribution in [0.1, 0.15) is 28.0 Å². The largest absolute Gasteiger partial charge is 0.478 e. The number of hydrogen-bond acceptors (Lipinski definition) is 2. The second kappa shape index (κ2) is 4.52. The smallest absolute Gasteiger partial charge is 0.338 e. The van der Waals surface area contributed by atoms with Gasteiger partial charge in [-0.1, -0.05) is 15.9 Å². The molecule has 0 unspecified atom stereocenters. The molecular formula is C8H6BrF2NO3. The van der Waals surface area contributed by atoms with Crippen molar-refractivity contribution in [2.24, 2.45) is 0 Å². The van der Waals surface area contributed by atoms with E-state index in [0.717, 1.165) is 6.07 Å². The van der Waals surface area contributed by atoms with E-state index in [9.17, 15) is 18.4 Å². The SMILES string of the molecule is O=C(O)c1c(CBr)cc(=O)[nH]c1C(F)F. The molecule has 0 fully saturated rings. The average molecular weight is 282 g/mol. The van der Waals surface area contributed by atoms with Gasteiger partial charge in [-0.3, -0.25) is 4.79 Å². The highest BCUT2D eigenvalue weighted by atomic mass is 79.9. The van der Waals surface area contributed by atoms with Crippen molar-refractivity contribution in [3.63, 3.8) is 0 Å². The maximum absolute atomic E-state index is 12.4. The molecule has 0 aliphatic carbocycles. The molecule has 15 heavy (non-hydrogen) atoms. The van der Waals surface area contributed by atoms with Crippen LogP contribution in [0.25, 0.3) is 0 Å². The zero-order valence-electron chi connectivity index (χ0n) is 7.26. The molecule has 0 aromatic carbocycles. The molecule has 0 saturated heterocycles. The predicted octanol–water partition coefficient (Wildman–Crippen LogP) is 1.91. The highest BCUT2D eigenvalue weighted by Crippen LogP contribution is 2.23. The van der Waals surface area contributed by atoms with Crippen molar-refractivity contribution in [2.75, 3.05) is 0 Å². The summed E-state index contributed by atoms with van der Waals surface area (Å²) in [5, 5.41) is 8.77. The molecule has 1 rings (SSSR count). The molecule has 0 aliphatic heterocycles. The number of carbonyl (C=O) groups is 1. The van der Waals surface area contributed by atoms with Gasteiger partial charge in [-0.2, -0.15) is 0 Å². The Morgan fingerprint density at radius 3 is 2.60 bits per heavy atom. The lowest BCUT2D eigenvalue weighted by Crippen LogP contribution is -2.17. The van der Waals surface area contributed by atoms with Gasteiger partial charge in [-0.05, 0) is 5.56 Å². The van der Waals surface area contributed by atoms with Gasteiger partial charge in [-0.25, -0.2) is 13.6 Å². The minimum Gasteiger partial charge on any atom is -0.478 e. The molecule has 0 radical (unpaired) electrons. The van der Waals surface area contributed by atoms with Crippen molar-refractivity contribution in [3.8, 4) is 0 Å². The Hall–Kier alpha value is -1.24. The number of H-pyrrole nitrogens is 1. The molecule has 0 aliphatic rings. The van der Waals surface area contributed by atoms with E-state index >= 15 is 0 Å². The van der Waals surface area contributed by atoms with Crippen molar-refractivity contribution in [3.05, 3.63) is 33.2 Å². The summed E-state index contributed by atoms with van der Waals surface area (Å²) in [5.41, 5.74) is -2.13. The number of halogens is 3. The first-order valence-electron chi connectivity index (χ1n) is 3.81. The second-order valence-electron chi connectivity index (χ2n) is 2.69. The Morgan fingerprint density at radius 2 is 2.20 bits per heavy atom. The van der Waals surface area contributed by atoms with Crippen molar-refractivity contribution >= 4 is 21.9 Å². The van der Waals surface area contributed by atoms with Gasteiger partial charge in [0.15, 0.2) is 0 Å². The number of aromatic amines is 1. The zero-order valence-corrected chi connectivity index (χ0v) is 8.85. The van der Waals surface area contributed by atoms with E-state index in [-0.39, 0.29) is 10.9 Å². The Labute approximate surface area is 91.1 Å². The number of carboxylic acid groups (broad SMARTS) is 1. The Morgan fingerprint density at radius 1 is 1.60 bits per heavy atom. The van der Waals surface area contributed by atoms with Gasteiger partial charge >= 0.3 is 5.97 Å². The molecule has 1 aromatic heterocycles. The monoisotopic (exact) mass is 281 g/mol. The van der Waals surface area contributed by atoms with Gasteiger partial charge < -0.3 is 10.1 Å². The summed E-state index contributed by atoms with van der Waals surface area (Å²) in [6.45, 7) is 0. The molecule has 0 spiro atoms. The first-order chi connectivity index (χ1) is 6.97. The Bertz CT molecular complexity index is 444. The third-order valence-corrected chi connectivity index (χ3v) is 2.33. The number of aromatic nitrogens is 1. The quantitative estimate of drug-likeness (QED) is 0.832. The first kappa shape index (κ1) is 11.8. The van der Waals surface area contributed by atoms with E-state index in [1.807, 2.05) is 4.98 Å². The third kappa shape index (κ3) is 2.41. The number of alkyl halides is 3. The van der Waals surface area contributed by atoms with Crippen LogP contribution in [0.3, 0.4) is 0 Å². The fraction of sp³-hybridized carbons (Fsp3) is 0.250. The normalized spacial score (nSPS) is 10.7. The number of nitrogens with one attached hydrogen (secondary N) is 1. The van der Waals surface area contributed by atoms with Gasteiger partial charge in [0, 0.05) is 11.4 Å². The summed E-state index contributed by atoms with van der Waals surface area (Å²) in [7, 11) is 0. The molecule has 1 heterocycles. The van der Waals surface area contributed by atoms with Crippen LogP contribution in [-0.4, -0.2) is 16.1 Å². The average Bonchev–Trinajstić information content (AvgIpc) is 2.15. The fourth-order valence-electron chi connectivity index (χ4n) is 1.16. The molecule has 82 valence electrons. The van der Waals surface area contributed by atoms with Crippen LogP contribution in [-0.2, 0) is 5.33 Å². The molecule has 0 saturated carbocycles. The van der Waals surface area contributed by atoms with Crippen molar-refractivity contribution < 1.29 is 18.7 Å². The van der Waals surface area contributed by atoms with Gasteiger partial charge in [0.1, 0.15) is 0 Å². The number of pyridine rings is 1. The molecule has 0 bridgehead atoms. The standard InChI is InChI=1S/C8H6BrF2NO3/c9-2-3-1-4(13)12-6(7(10)11)5(3)8(14)15/h1,7H,2H2,(H,12,13)(H,14,15). The van der Waals surface area contributed by atoms with Gasteiger partial charge in [0.25, 0.3) is 6.43 Å². The van der Waals surface area contributed by atoms with E-state index < -0.39 is 29.2 Å². The highest BCUT2D eigenvalue weighted by molar-refractivity contribution is 9.08.